The second kappa shape index (κ2) is 9.91. The van der Waals surface area contributed by atoms with Crippen molar-refractivity contribution in [1.82, 2.24) is 10.2 Å². The van der Waals surface area contributed by atoms with Crippen LogP contribution in [0.4, 0.5) is 0 Å². The molecule has 1 aliphatic rings. The highest BCUT2D eigenvalue weighted by Gasteiger charge is 2.39. The quantitative estimate of drug-likeness (QED) is 0.216. The lowest BCUT2D eigenvalue weighted by Crippen LogP contribution is -2.53. The van der Waals surface area contributed by atoms with Crippen molar-refractivity contribution < 1.29 is 19.5 Å². The van der Waals surface area contributed by atoms with E-state index in [1.165, 1.54) is 11.0 Å². The number of nitrogens with two attached hydrogens (primary N) is 1. The summed E-state index contributed by atoms with van der Waals surface area (Å²) < 4.78 is 0. The first kappa shape index (κ1) is 22.7. The summed E-state index contributed by atoms with van der Waals surface area (Å²) in [6, 6.07) is 13.1. The summed E-state index contributed by atoms with van der Waals surface area (Å²) >= 11 is 0. The summed E-state index contributed by atoms with van der Waals surface area (Å²) in [6.07, 6.45) is 1.79. The van der Waals surface area contributed by atoms with E-state index in [0.29, 0.717) is 11.1 Å². The standard InChI is InChI=1S/C24H26N4O4/c1-2-11-27-22(29)19(12-15-7-9-16(10-8-15)21(25)26)23(30)28-14-18-6-4-3-5-17(18)13-20(28)24(31)32/h2-10,19-20H,1,11-14H2,(H3,25,26)(H,27,29)(H,31,32)/t19-,20?/m0/s1. The molecule has 0 saturated carbocycles. The first-order valence-electron chi connectivity index (χ1n) is 10.2. The number of nitrogen functional groups attached to an aromatic ring is 1. The molecule has 0 aromatic heterocycles. The molecule has 2 aromatic carbocycles. The number of carboxylic acids is 1. The number of aliphatic carboxylic acids is 1. The topological polar surface area (TPSA) is 137 Å². The molecular formula is C24H26N4O4. The molecule has 0 radical (unpaired) electrons. The molecule has 1 aliphatic heterocycles. The number of rotatable bonds is 8. The predicted octanol–water partition coefficient (Wildman–Crippen LogP) is 1.47. The maximum absolute atomic E-state index is 13.5. The van der Waals surface area contributed by atoms with E-state index in [2.05, 4.69) is 11.9 Å². The second-order valence-electron chi connectivity index (χ2n) is 7.69. The van der Waals surface area contributed by atoms with Crippen LogP contribution in [-0.2, 0) is 33.8 Å². The highest BCUT2D eigenvalue weighted by atomic mass is 16.4. The van der Waals surface area contributed by atoms with Crippen molar-refractivity contribution in [1.29, 1.82) is 5.41 Å². The van der Waals surface area contributed by atoms with Crippen LogP contribution < -0.4 is 11.1 Å². The Morgan fingerprint density at radius 3 is 2.44 bits per heavy atom. The van der Waals surface area contributed by atoms with E-state index >= 15 is 0 Å². The zero-order chi connectivity index (χ0) is 23.3. The molecule has 2 amide bonds. The fourth-order valence-corrected chi connectivity index (χ4v) is 3.82. The molecule has 8 nitrogen and oxygen atoms in total. The molecule has 166 valence electrons. The average Bonchev–Trinajstić information content (AvgIpc) is 2.79. The van der Waals surface area contributed by atoms with E-state index in [9.17, 15) is 19.5 Å². The zero-order valence-electron chi connectivity index (χ0n) is 17.6. The fourth-order valence-electron chi connectivity index (χ4n) is 3.82. The smallest absolute Gasteiger partial charge is 0.326 e. The van der Waals surface area contributed by atoms with Crippen molar-refractivity contribution in [2.45, 2.75) is 25.4 Å². The minimum absolute atomic E-state index is 0.0795. The molecule has 1 heterocycles. The zero-order valence-corrected chi connectivity index (χ0v) is 17.6. The maximum Gasteiger partial charge on any atom is 0.326 e. The van der Waals surface area contributed by atoms with Gasteiger partial charge in [0.05, 0.1) is 0 Å². The van der Waals surface area contributed by atoms with Crippen molar-refractivity contribution in [2.24, 2.45) is 11.7 Å². The number of carbonyl (C=O) groups excluding carboxylic acids is 2. The van der Waals surface area contributed by atoms with Gasteiger partial charge in [0.25, 0.3) is 0 Å². The number of nitrogens with one attached hydrogen (secondary N) is 2. The summed E-state index contributed by atoms with van der Waals surface area (Å²) in [5.41, 5.74) is 8.48. The molecule has 0 saturated heterocycles. The molecule has 8 heteroatoms. The lowest BCUT2D eigenvalue weighted by Gasteiger charge is -2.36. The highest BCUT2D eigenvalue weighted by molar-refractivity contribution is 6.02. The number of hydrogen-bond acceptors (Lipinski definition) is 4. The summed E-state index contributed by atoms with van der Waals surface area (Å²) in [6.45, 7) is 3.89. The number of carbonyl (C=O) groups is 3. The predicted molar refractivity (Wildman–Crippen MR) is 120 cm³/mol. The Labute approximate surface area is 186 Å². The molecule has 2 atom stereocenters. The normalized spacial score (nSPS) is 15.9. The van der Waals surface area contributed by atoms with Crippen LogP contribution in [0.3, 0.4) is 0 Å². The van der Waals surface area contributed by atoms with Crippen LogP contribution in [0.15, 0.2) is 61.2 Å². The molecule has 0 spiro atoms. The van der Waals surface area contributed by atoms with Gasteiger partial charge in [-0.2, -0.15) is 0 Å². The van der Waals surface area contributed by atoms with Gasteiger partial charge in [0.2, 0.25) is 11.8 Å². The Hall–Kier alpha value is -3.94. The van der Waals surface area contributed by atoms with Gasteiger partial charge in [-0.05, 0) is 23.1 Å². The van der Waals surface area contributed by atoms with Gasteiger partial charge in [-0.3, -0.25) is 15.0 Å². The van der Waals surface area contributed by atoms with E-state index < -0.39 is 29.7 Å². The van der Waals surface area contributed by atoms with Crippen molar-refractivity contribution in [3.05, 3.63) is 83.4 Å². The van der Waals surface area contributed by atoms with Gasteiger partial charge in [-0.15, -0.1) is 6.58 Å². The Morgan fingerprint density at radius 2 is 1.84 bits per heavy atom. The molecule has 32 heavy (non-hydrogen) atoms. The first-order chi connectivity index (χ1) is 15.3. The van der Waals surface area contributed by atoms with Crippen molar-refractivity contribution in [2.75, 3.05) is 6.54 Å². The second-order valence-corrected chi connectivity index (χ2v) is 7.69. The molecule has 0 fully saturated rings. The number of hydrogen-bond donors (Lipinski definition) is 4. The molecule has 0 bridgehead atoms. The van der Waals surface area contributed by atoms with Crippen LogP contribution >= 0.6 is 0 Å². The van der Waals surface area contributed by atoms with Gasteiger partial charge in [0.15, 0.2) is 0 Å². The van der Waals surface area contributed by atoms with Crippen LogP contribution in [0.5, 0.6) is 0 Å². The van der Waals surface area contributed by atoms with Crippen molar-refractivity contribution in [3.8, 4) is 0 Å². The van der Waals surface area contributed by atoms with E-state index in [-0.39, 0.29) is 31.8 Å². The van der Waals surface area contributed by atoms with Crippen LogP contribution in [-0.4, -0.2) is 46.2 Å². The van der Waals surface area contributed by atoms with Crippen LogP contribution in [0, 0.1) is 11.3 Å². The van der Waals surface area contributed by atoms with Gasteiger partial charge in [-0.1, -0.05) is 54.6 Å². The third-order valence-electron chi connectivity index (χ3n) is 5.56. The number of fused-ring (bicyclic) bond motifs is 1. The monoisotopic (exact) mass is 434 g/mol. The summed E-state index contributed by atoms with van der Waals surface area (Å²) in [5, 5.41) is 19.9. The average molecular weight is 434 g/mol. The Kier molecular flexibility index (Phi) is 7.04. The number of carboxylic acid groups (broad SMARTS) is 1. The van der Waals surface area contributed by atoms with Crippen molar-refractivity contribution in [3.63, 3.8) is 0 Å². The van der Waals surface area contributed by atoms with Gasteiger partial charge in [0, 0.05) is 25.1 Å². The van der Waals surface area contributed by atoms with E-state index in [1.54, 1.807) is 24.3 Å². The Balaban J connectivity index is 1.91. The van der Waals surface area contributed by atoms with E-state index in [0.717, 1.165) is 11.1 Å². The Bertz CT molecular complexity index is 1050. The number of benzene rings is 2. The molecule has 0 aliphatic carbocycles. The lowest BCUT2D eigenvalue weighted by atomic mass is 9.90. The third kappa shape index (κ3) is 5.03. The summed E-state index contributed by atoms with van der Waals surface area (Å²) in [7, 11) is 0. The molecule has 3 rings (SSSR count). The van der Waals surface area contributed by atoms with Crippen LogP contribution in [0.1, 0.15) is 22.3 Å². The highest BCUT2D eigenvalue weighted by Crippen LogP contribution is 2.26. The summed E-state index contributed by atoms with van der Waals surface area (Å²) in [5.74, 6) is -3.32. The summed E-state index contributed by atoms with van der Waals surface area (Å²) in [4.78, 5) is 39.7. The number of nitrogens with zero attached hydrogens (tertiary/aromatic N) is 1. The maximum atomic E-state index is 13.5. The molecular weight excluding hydrogens is 408 g/mol. The van der Waals surface area contributed by atoms with E-state index in [1.807, 2.05) is 24.3 Å². The number of amidine groups is 1. The fraction of sp³-hybridized carbons (Fsp3) is 0.250. The third-order valence-corrected chi connectivity index (χ3v) is 5.56. The van der Waals surface area contributed by atoms with Gasteiger partial charge in [0.1, 0.15) is 17.8 Å². The van der Waals surface area contributed by atoms with E-state index in [4.69, 9.17) is 11.1 Å². The van der Waals surface area contributed by atoms with Gasteiger partial charge in [-0.25, -0.2) is 4.79 Å². The molecule has 5 N–H and O–H groups in total. The van der Waals surface area contributed by atoms with Gasteiger partial charge < -0.3 is 21.1 Å². The minimum Gasteiger partial charge on any atom is -0.480 e. The van der Waals surface area contributed by atoms with Crippen LogP contribution in [0.25, 0.3) is 0 Å². The largest absolute Gasteiger partial charge is 0.480 e. The number of amides is 2. The van der Waals surface area contributed by atoms with Crippen LogP contribution in [0.2, 0.25) is 0 Å². The SMILES string of the molecule is C=CCNC(=O)[C@H](Cc1ccc(C(=N)N)cc1)C(=O)N1Cc2ccccc2CC1C(=O)O. The van der Waals surface area contributed by atoms with Gasteiger partial charge >= 0.3 is 5.97 Å². The molecule has 2 aromatic rings. The lowest BCUT2D eigenvalue weighted by molar-refractivity contribution is -0.155. The van der Waals surface area contributed by atoms with Crippen molar-refractivity contribution >= 4 is 23.6 Å². The Morgan fingerprint density at radius 1 is 1.19 bits per heavy atom. The molecule has 1 unspecified atom stereocenters. The minimum atomic E-state index is -1.11. The first-order valence-corrected chi connectivity index (χ1v) is 10.2.